The van der Waals surface area contributed by atoms with Crippen molar-refractivity contribution in [2.45, 2.75) is 19.4 Å². The third-order valence-electron chi connectivity index (χ3n) is 4.44. The smallest absolute Gasteiger partial charge is 0.0964 e. The van der Waals surface area contributed by atoms with Gasteiger partial charge in [0.2, 0.25) is 0 Å². The second-order valence-electron chi connectivity index (χ2n) is 5.91. The van der Waals surface area contributed by atoms with Gasteiger partial charge in [-0.1, -0.05) is 55.5 Å². The maximum Gasteiger partial charge on any atom is 0.0964 e. The topological polar surface area (TPSA) is 30.7 Å². The first-order valence-corrected chi connectivity index (χ1v) is 8.30. The predicted molar refractivity (Wildman–Crippen MR) is 97.8 cm³/mol. The summed E-state index contributed by atoms with van der Waals surface area (Å²) in [5.74, 6) is 0. The Bertz CT molecular complexity index is 940. The third-order valence-corrected chi connectivity index (χ3v) is 4.44. The summed E-state index contributed by atoms with van der Waals surface area (Å²) >= 11 is 0. The quantitative estimate of drug-likeness (QED) is 0.525. The van der Waals surface area contributed by atoms with Crippen molar-refractivity contribution in [3.8, 4) is 11.3 Å². The highest BCUT2D eigenvalue weighted by molar-refractivity contribution is 5.75. The van der Waals surface area contributed by atoms with Crippen LogP contribution in [0.25, 0.3) is 22.3 Å². The molecule has 0 aliphatic rings. The lowest BCUT2D eigenvalue weighted by atomic mass is 10.0. The van der Waals surface area contributed by atoms with Crippen LogP contribution in [-0.2, 0) is 0 Å². The van der Waals surface area contributed by atoms with Crippen LogP contribution in [0.5, 0.6) is 0 Å². The van der Waals surface area contributed by atoms with Crippen molar-refractivity contribution in [3.63, 3.8) is 0 Å². The van der Waals surface area contributed by atoms with Crippen molar-refractivity contribution in [1.29, 1.82) is 0 Å². The van der Waals surface area contributed by atoms with E-state index < -0.39 is 0 Å². The van der Waals surface area contributed by atoms with Crippen molar-refractivity contribution in [1.82, 2.24) is 14.5 Å². The standard InChI is InChI=1S/C21H19N3/c1-2-20(24-15-23-19-10-6-7-11-21(19)24)17-12-13-18(22-14-17)16-8-4-3-5-9-16/h3-15,20H,2H2,1H3. The molecule has 4 rings (SSSR count). The van der Waals surface area contributed by atoms with Crippen LogP contribution in [0.4, 0.5) is 0 Å². The van der Waals surface area contributed by atoms with Gasteiger partial charge in [-0.15, -0.1) is 0 Å². The van der Waals surface area contributed by atoms with E-state index in [2.05, 4.69) is 63.9 Å². The van der Waals surface area contributed by atoms with Gasteiger partial charge < -0.3 is 4.57 Å². The molecule has 3 nitrogen and oxygen atoms in total. The number of pyridine rings is 1. The number of rotatable bonds is 4. The van der Waals surface area contributed by atoms with Crippen molar-refractivity contribution in [2.24, 2.45) is 0 Å². The molecule has 0 N–H and O–H groups in total. The van der Waals surface area contributed by atoms with Crippen LogP contribution in [0.2, 0.25) is 0 Å². The van der Waals surface area contributed by atoms with E-state index in [4.69, 9.17) is 0 Å². The lowest BCUT2D eigenvalue weighted by Gasteiger charge is -2.18. The van der Waals surface area contributed by atoms with Gasteiger partial charge >= 0.3 is 0 Å². The largest absolute Gasteiger partial charge is 0.323 e. The molecular weight excluding hydrogens is 294 g/mol. The van der Waals surface area contributed by atoms with Gasteiger partial charge in [-0.3, -0.25) is 4.98 Å². The molecule has 0 fully saturated rings. The molecule has 2 aromatic heterocycles. The Morgan fingerprint density at radius 3 is 2.42 bits per heavy atom. The Labute approximate surface area is 141 Å². The van der Waals surface area contributed by atoms with Crippen LogP contribution in [0.15, 0.2) is 79.3 Å². The summed E-state index contributed by atoms with van der Waals surface area (Å²) in [6, 6.07) is 23.1. The number of imidazole rings is 1. The fraction of sp³-hybridized carbons (Fsp3) is 0.143. The minimum atomic E-state index is 0.245. The zero-order valence-corrected chi connectivity index (χ0v) is 13.6. The first-order chi connectivity index (χ1) is 11.9. The van der Waals surface area contributed by atoms with Crippen LogP contribution in [0.1, 0.15) is 24.9 Å². The average Bonchev–Trinajstić information content (AvgIpc) is 3.08. The van der Waals surface area contributed by atoms with Gasteiger partial charge in [0, 0.05) is 11.8 Å². The molecule has 24 heavy (non-hydrogen) atoms. The molecule has 0 bridgehead atoms. The minimum Gasteiger partial charge on any atom is -0.323 e. The van der Waals surface area contributed by atoms with E-state index in [1.165, 1.54) is 5.56 Å². The Balaban J connectivity index is 1.71. The molecule has 0 amide bonds. The first-order valence-electron chi connectivity index (χ1n) is 8.30. The predicted octanol–water partition coefficient (Wildman–Crippen LogP) is 5.10. The molecule has 1 atom stereocenters. The molecule has 0 spiro atoms. The normalized spacial score (nSPS) is 12.4. The molecule has 0 aliphatic carbocycles. The van der Waals surface area contributed by atoms with E-state index in [1.54, 1.807) is 0 Å². The number of benzene rings is 2. The maximum absolute atomic E-state index is 4.67. The molecular formula is C21H19N3. The number of nitrogens with zero attached hydrogens (tertiary/aromatic N) is 3. The molecule has 0 saturated heterocycles. The number of hydrogen-bond donors (Lipinski definition) is 0. The van der Waals surface area contributed by atoms with Crippen molar-refractivity contribution in [3.05, 3.63) is 84.8 Å². The zero-order valence-electron chi connectivity index (χ0n) is 13.6. The molecule has 0 radical (unpaired) electrons. The van der Waals surface area contributed by atoms with Crippen molar-refractivity contribution in [2.75, 3.05) is 0 Å². The highest BCUT2D eigenvalue weighted by Crippen LogP contribution is 2.27. The summed E-state index contributed by atoms with van der Waals surface area (Å²) in [5.41, 5.74) is 5.55. The van der Waals surface area contributed by atoms with Crippen LogP contribution >= 0.6 is 0 Å². The van der Waals surface area contributed by atoms with Crippen LogP contribution in [0, 0.1) is 0 Å². The van der Waals surface area contributed by atoms with Crippen LogP contribution in [-0.4, -0.2) is 14.5 Å². The number of aromatic nitrogens is 3. The fourth-order valence-corrected chi connectivity index (χ4v) is 3.20. The van der Waals surface area contributed by atoms with E-state index in [9.17, 15) is 0 Å². The van der Waals surface area contributed by atoms with E-state index in [1.807, 2.05) is 36.8 Å². The molecule has 3 heteroatoms. The second kappa shape index (κ2) is 6.28. The Morgan fingerprint density at radius 2 is 1.67 bits per heavy atom. The Kier molecular flexibility index (Phi) is 3.83. The number of hydrogen-bond acceptors (Lipinski definition) is 2. The summed E-state index contributed by atoms with van der Waals surface area (Å²) in [7, 11) is 0. The molecule has 2 heterocycles. The minimum absolute atomic E-state index is 0.245. The summed E-state index contributed by atoms with van der Waals surface area (Å²) < 4.78 is 2.24. The molecule has 0 aliphatic heterocycles. The third kappa shape index (κ3) is 2.58. The Hall–Kier alpha value is -2.94. The van der Waals surface area contributed by atoms with Gasteiger partial charge in [0.15, 0.2) is 0 Å². The van der Waals surface area contributed by atoms with Crippen molar-refractivity contribution >= 4 is 11.0 Å². The molecule has 4 aromatic rings. The van der Waals surface area contributed by atoms with Gasteiger partial charge in [0.25, 0.3) is 0 Å². The number of fused-ring (bicyclic) bond motifs is 1. The summed E-state index contributed by atoms with van der Waals surface area (Å²) in [6.07, 6.45) is 4.92. The monoisotopic (exact) mass is 313 g/mol. The second-order valence-corrected chi connectivity index (χ2v) is 5.91. The van der Waals surface area contributed by atoms with Gasteiger partial charge in [-0.25, -0.2) is 4.98 Å². The van der Waals surface area contributed by atoms with Gasteiger partial charge in [0.05, 0.1) is 29.1 Å². The average molecular weight is 313 g/mol. The van der Waals surface area contributed by atoms with E-state index in [0.717, 1.165) is 28.7 Å². The highest BCUT2D eigenvalue weighted by Gasteiger charge is 2.15. The summed E-state index contributed by atoms with van der Waals surface area (Å²) in [5, 5.41) is 0. The van der Waals surface area contributed by atoms with Crippen LogP contribution < -0.4 is 0 Å². The number of para-hydroxylation sites is 2. The van der Waals surface area contributed by atoms with E-state index in [-0.39, 0.29) is 6.04 Å². The first kappa shape index (κ1) is 14.6. The fourth-order valence-electron chi connectivity index (χ4n) is 3.20. The lowest BCUT2D eigenvalue weighted by Crippen LogP contribution is -2.09. The maximum atomic E-state index is 4.67. The molecule has 2 aromatic carbocycles. The van der Waals surface area contributed by atoms with Gasteiger partial charge in [0.1, 0.15) is 0 Å². The SMILES string of the molecule is CCC(c1ccc(-c2ccccc2)nc1)n1cnc2ccccc21. The summed E-state index contributed by atoms with van der Waals surface area (Å²) in [6.45, 7) is 2.20. The van der Waals surface area contributed by atoms with Crippen LogP contribution in [0.3, 0.4) is 0 Å². The van der Waals surface area contributed by atoms with Crippen molar-refractivity contribution < 1.29 is 0 Å². The van der Waals surface area contributed by atoms with E-state index >= 15 is 0 Å². The lowest BCUT2D eigenvalue weighted by molar-refractivity contribution is 0.579. The Morgan fingerprint density at radius 1 is 0.875 bits per heavy atom. The molecule has 1 unspecified atom stereocenters. The molecule has 0 saturated carbocycles. The highest BCUT2D eigenvalue weighted by atomic mass is 15.1. The summed E-state index contributed by atoms with van der Waals surface area (Å²) in [4.78, 5) is 9.19. The van der Waals surface area contributed by atoms with Gasteiger partial charge in [-0.2, -0.15) is 0 Å². The zero-order chi connectivity index (χ0) is 16.4. The molecule has 118 valence electrons. The van der Waals surface area contributed by atoms with Gasteiger partial charge in [-0.05, 0) is 30.2 Å². The van der Waals surface area contributed by atoms with E-state index in [0.29, 0.717) is 0 Å².